The second kappa shape index (κ2) is 4.92. The Kier molecular flexibility index (Phi) is 3.34. The van der Waals surface area contributed by atoms with Gasteiger partial charge in [-0.05, 0) is 28.3 Å². The minimum Gasteiger partial charge on any atom is -0.326 e. The standard InChI is InChI=1S/C14H15N2/c15-9-11-5-1-3-7-13(11)14-8-4-2-6-12(14)10-16/h1-7H,9-10,15-16H2. The zero-order valence-electron chi connectivity index (χ0n) is 9.11. The maximum Gasteiger partial charge on any atom is 0.0184 e. The van der Waals surface area contributed by atoms with E-state index in [1.54, 1.807) is 0 Å². The lowest BCUT2D eigenvalue weighted by Gasteiger charge is -2.11. The van der Waals surface area contributed by atoms with Gasteiger partial charge in [-0.1, -0.05) is 42.5 Å². The molecule has 0 bridgehead atoms. The van der Waals surface area contributed by atoms with Gasteiger partial charge in [-0.25, -0.2) is 0 Å². The zero-order chi connectivity index (χ0) is 11.4. The third-order valence-electron chi connectivity index (χ3n) is 2.67. The number of hydrogen-bond donors (Lipinski definition) is 2. The lowest BCUT2D eigenvalue weighted by atomic mass is 9.95. The Morgan fingerprint density at radius 1 is 0.875 bits per heavy atom. The molecule has 0 atom stereocenters. The van der Waals surface area contributed by atoms with Gasteiger partial charge < -0.3 is 11.5 Å². The van der Waals surface area contributed by atoms with E-state index in [0.717, 1.165) is 22.3 Å². The van der Waals surface area contributed by atoms with E-state index in [4.69, 9.17) is 11.5 Å². The van der Waals surface area contributed by atoms with Crippen LogP contribution in [0.3, 0.4) is 0 Å². The highest BCUT2D eigenvalue weighted by Gasteiger charge is 2.06. The van der Waals surface area contributed by atoms with Crippen LogP contribution in [0.4, 0.5) is 0 Å². The lowest BCUT2D eigenvalue weighted by Crippen LogP contribution is -2.02. The van der Waals surface area contributed by atoms with Crippen LogP contribution in [0, 0.1) is 6.07 Å². The van der Waals surface area contributed by atoms with Crippen LogP contribution in [-0.4, -0.2) is 0 Å². The van der Waals surface area contributed by atoms with E-state index < -0.39 is 0 Å². The summed E-state index contributed by atoms with van der Waals surface area (Å²) in [6, 6.07) is 17.2. The topological polar surface area (TPSA) is 52.0 Å². The van der Waals surface area contributed by atoms with Gasteiger partial charge in [0.1, 0.15) is 0 Å². The van der Waals surface area contributed by atoms with Crippen LogP contribution >= 0.6 is 0 Å². The van der Waals surface area contributed by atoms with Gasteiger partial charge in [-0.15, -0.1) is 0 Å². The summed E-state index contributed by atoms with van der Waals surface area (Å²) < 4.78 is 0. The SMILES string of the molecule is NCc1ccc[c]c1-c1ccccc1CN. The molecule has 0 aliphatic heterocycles. The molecule has 0 aromatic heterocycles. The number of rotatable bonds is 3. The van der Waals surface area contributed by atoms with Gasteiger partial charge >= 0.3 is 0 Å². The highest BCUT2D eigenvalue weighted by Crippen LogP contribution is 2.26. The number of benzene rings is 2. The van der Waals surface area contributed by atoms with Crippen molar-refractivity contribution in [2.24, 2.45) is 11.5 Å². The minimum atomic E-state index is 0.519. The van der Waals surface area contributed by atoms with Crippen LogP contribution < -0.4 is 11.5 Å². The molecule has 0 amide bonds. The lowest BCUT2D eigenvalue weighted by molar-refractivity contribution is 1.05. The van der Waals surface area contributed by atoms with Crippen molar-refractivity contribution in [1.29, 1.82) is 0 Å². The van der Waals surface area contributed by atoms with E-state index in [1.807, 2.05) is 36.4 Å². The van der Waals surface area contributed by atoms with Crippen molar-refractivity contribution in [3.8, 4) is 11.1 Å². The molecule has 2 aromatic rings. The Morgan fingerprint density at radius 3 is 2.31 bits per heavy atom. The van der Waals surface area contributed by atoms with E-state index in [9.17, 15) is 0 Å². The maximum absolute atomic E-state index is 5.73. The first-order chi connectivity index (χ1) is 7.86. The molecule has 81 valence electrons. The molecule has 2 heteroatoms. The minimum absolute atomic E-state index is 0.519. The van der Waals surface area contributed by atoms with Gasteiger partial charge in [0.05, 0.1) is 0 Å². The molecule has 1 radical (unpaired) electrons. The van der Waals surface area contributed by atoms with Gasteiger partial charge in [-0.2, -0.15) is 0 Å². The second-order valence-electron chi connectivity index (χ2n) is 3.64. The summed E-state index contributed by atoms with van der Waals surface area (Å²) in [4.78, 5) is 0. The predicted octanol–water partition coefficient (Wildman–Crippen LogP) is 2.07. The summed E-state index contributed by atoms with van der Waals surface area (Å²) in [5.74, 6) is 0. The first-order valence-electron chi connectivity index (χ1n) is 5.34. The van der Waals surface area contributed by atoms with Crippen LogP contribution in [0.5, 0.6) is 0 Å². The van der Waals surface area contributed by atoms with E-state index in [-0.39, 0.29) is 0 Å². The van der Waals surface area contributed by atoms with Gasteiger partial charge in [0.15, 0.2) is 0 Å². The Balaban J connectivity index is 2.58. The first-order valence-corrected chi connectivity index (χ1v) is 5.34. The fourth-order valence-electron chi connectivity index (χ4n) is 1.83. The molecule has 0 heterocycles. The summed E-state index contributed by atoms with van der Waals surface area (Å²) in [7, 11) is 0. The van der Waals surface area contributed by atoms with Crippen molar-refractivity contribution in [3.05, 3.63) is 59.7 Å². The first kappa shape index (κ1) is 10.9. The summed E-state index contributed by atoms with van der Waals surface area (Å²) >= 11 is 0. The molecule has 0 aliphatic carbocycles. The average molecular weight is 211 g/mol. The molecule has 2 rings (SSSR count). The van der Waals surface area contributed by atoms with Crippen molar-refractivity contribution < 1.29 is 0 Å². The molecule has 0 spiro atoms. The molecule has 0 unspecified atom stereocenters. The summed E-state index contributed by atoms with van der Waals surface area (Å²) in [6.07, 6.45) is 0. The fraction of sp³-hybridized carbons (Fsp3) is 0.143. The smallest absolute Gasteiger partial charge is 0.0184 e. The predicted molar refractivity (Wildman–Crippen MR) is 66.5 cm³/mol. The van der Waals surface area contributed by atoms with E-state index in [1.165, 1.54) is 0 Å². The van der Waals surface area contributed by atoms with Crippen LogP contribution in [0.2, 0.25) is 0 Å². The van der Waals surface area contributed by atoms with Crippen molar-refractivity contribution in [2.45, 2.75) is 13.1 Å². The van der Waals surface area contributed by atoms with Crippen LogP contribution in [0.1, 0.15) is 11.1 Å². The van der Waals surface area contributed by atoms with Gasteiger partial charge in [0.25, 0.3) is 0 Å². The Labute approximate surface area is 95.9 Å². The van der Waals surface area contributed by atoms with E-state index in [0.29, 0.717) is 13.1 Å². The molecule has 2 aromatic carbocycles. The molecule has 0 saturated heterocycles. The van der Waals surface area contributed by atoms with Gasteiger partial charge in [-0.3, -0.25) is 0 Å². The average Bonchev–Trinajstić information content (AvgIpc) is 2.38. The van der Waals surface area contributed by atoms with Crippen molar-refractivity contribution in [1.82, 2.24) is 0 Å². The van der Waals surface area contributed by atoms with Crippen LogP contribution in [0.15, 0.2) is 42.5 Å². The highest BCUT2D eigenvalue weighted by atomic mass is 14.5. The number of hydrogen-bond acceptors (Lipinski definition) is 2. The van der Waals surface area contributed by atoms with Crippen LogP contribution in [-0.2, 0) is 13.1 Å². The van der Waals surface area contributed by atoms with Crippen molar-refractivity contribution in [2.75, 3.05) is 0 Å². The quantitative estimate of drug-likeness (QED) is 0.816. The largest absolute Gasteiger partial charge is 0.326 e. The molecule has 16 heavy (non-hydrogen) atoms. The number of nitrogens with two attached hydrogens (primary N) is 2. The fourth-order valence-corrected chi connectivity index (χ4v) is 1.83. The van der Waals surface area contributed by atoms with Crippen molar-refractivity contribution >= 4 is 0 Å². The summed E-state index contributed by atoms with van der Waals surface area (Å²) in [6.45, 7) is 1.05. The molecule has 0 aliphatic rings. The summed E-state index contributed by atoms with van der Waals surface area (Å²) in [5, 5.41) is 0. The Bertz CT molecular complexity index is 432. The third-order valence-corrected chi connectivity index (χ3v) is 2.67. The monoisotopic (exact) mass is 211 g/mol. The maximum atomic E-state index is 5.73. The normalized spacial score (nSPS) is 10.4. The third kappa shape index (κ3) is 1.98. The molecule has 0 fully saturated rings. The van der Waals surface area contributed by atoms with E-state index in [2.05, 4.69) is 12.1 Å². The molecule has 2 nitrogen and oxygen atoms in total. The Hall–Kier alpha value is -1.64. The molecule has 0 saturated carbocycles. The van der Waals surface area contributed by atoms with Crippen molar-refractivity contribution in [3.63, 3.8) is 0 Å². The molecule has 4 N–H and O–H groups in total. The Morgan fingerprint density at radius 2 is 1.56 bits per heavy atom. The van der Waals surface area contributed by atoms with Gasteiger partial charge in [0.2, 0.25) is 0 Å². The molecular formula is C14H15N2. The van der Waals surface area contributed by atoms with Crippen LogP contribution in [0.25, 0.3) is 11.1 Å². The van der Waals surface area contributed by atoms with Gasteiger partial charge in [0, 0.05) is 13.1 Å². The molecular weight excluding hydrogens is 196 g/mol. The zero-order valence-corrected chi connectivity index (χ0v) is 9.11. The highest BCUT2D eigenvalue weighted by molar-refractivity contribution is 5.70. The second-order valence-corrected chi connectivity index (χ2v) is 3.64. The summed E-state index contributed by atoms with van der Waals surface area (Å²) in [5.41, 5.74) is 15.9. The van der Waals surface area contributed by atoms with E-state index >= 15 is 0 Å².